The van der Waals surface area contributed by atoms with Gasteiger partial charge in [-0.3, -0.25) is 4.79 Å². The van der Waals surface area contributed by atoms with Crippen molar-refractivity contribution in [3.63, 3.8) is 0 Å². The normalized spacial score (nSPS) is 19.1. The van der Waals surface area contributed by atoms with E-state index >= 15 is 0 Å². The van der Waals surface area contributed by atoms with E-state index in [1.807, 2.05) is 24.3 Å². The van der Waals surface area contributed by atoms with Crippen LogP contribution in [0.3, 0.4) is 0 Å². The number of nitrogens with zero attached hydrogens (tertiary/aromatic N) is 1. The number of likely N-dealkylation sites (tertiary alicyclic amines) is 1. The summed E-state index contributed by atoms with van der Waals surface area (Å²) in [7, 11) is 0. The highest BCUT2D eigenvalue weighted by atomic mass is 16.5. The maximum absolute atomic E-state index is 11.1. The molecule has 0 radical (unpaired) electrons. The maximum Gasteiger partial charge on any atom is 0.221 e. The van der Waals surface area contributed by atoms with Crippen molar-refractivity contribution in [2.75, 3.05) is 26.2 Å². The first-order chi connectivity index (χ1) is 9.69. The molecule has 1 aliphatic heterocycles. The van der Waals surface area contributed by atoms with Crippen LogP contribution in [-0.2, 0) is 11.3 Å². The van der Waals surface area contributed by atoms with Crippen LogP contribution in [0.25, 0.3) is 0 Å². The summed E-state index contributed by atoms with van der Waals surface area (Å²) < 4.78 is 5.68. The van der Waals surface area contributed by atoms with Crippen LogP contribution in [0.5, 0.6) is 5.75 Å². The highest BCUT2D eigenvalue weighted by Crippen LogP contribution is 2.16. The van der Waals surface area contributed by atoms with Crippen molar-refractivity contribution in [1.29, 1.82) is 0 Å². The molecule has 1 fully saturated rings. The highest BCUT2D eigenvalue weighted by Gasteiger charge is 2.25. The molecule has 4 N–H and O–H groups in total. The van der Waals surface area contributed by atoms with E-state index in [-0.39, 0.29) is 11.8 Å². The minimum absolute atomic E-state index is 0.0275. The van der Waals surface area contributed by atoms with Crippen LogP contribution in [0.1, 0.15) is 18.4 Å². The predicted octanol–water partition coefficient (Wildman–Crippen LogP) is 0.721. The average molecular weight is 277 g/mol. The van der Waals surface area contributed by atoms with Gasteiger partial charge in [0.15, 0.2) is 0 Å². The van der Waals surface area contributed by atoms with Crippen LogP contribution in [0.2, 0.25) is 0 Å². The average Bonchev–Trinajstić information content (AvgIpc) is 2.93. The SMILES string of the molecule is NCc1ccc(OCCCN2CCC(C(N)=O)C2)cc1. The smallest absolute Gasteiger partial charge is 0.221 e. The van der Waals surface area contributed by atoms with Gasteiger partial charge in [-0.15, -0.1) is 0 Å². The number of amides is 1. The number of carbonyl (C=O) groups is 1. The lowest BCUT2D eigenvalue weighted by Gasteiger charge is -2.15. The Bertz CT molecular complexity index is 433. The number of ether oxygens (including phenoxy) is 1. The van der Waals surface area contributed by atoms with E-state index in [1.54, 1.807) is 0 Å². The predicted molar refractivity (Wildman–Crippen MR) is 78.2 cm³/mol. The van der Waals surface area contributed by atoms with Crippen LogP contribution in [0.4, 0.5) is 0 Å². The summed E-state index contributed by atoms with van der Waals surface area (Å²) in [4.78, 5) is 13.4. The standard InChI is InChI=1S/C15H23N3O2/c16-10-12-2-4-14(5-3-12)20-9-1-7-18-8-6-13(11-18)15(17)19/h2-5,13H,1,6-11,16H2,(H2,17,19). The van der Waals surface area contributed by atoms with E-state index in [1.165, 1.54) is 0 Å². The number of hydrogen-bond donors (Lipinski definition) is 2. The molecule has 2 rings (SSSR count). The van der Waals surface area contributed by atoms with Crippen molar-refractivity contribution in [2.45, 2.75) is 19.4 Å². The van der Waals surface area contributed by atoms with Gasteiger partial charge in [0.1, 0.15) is 5.75 Å². The Morgan fingerprint density at radius 3 is 2.70 bits per heavy atom. The molecule has 1 aromatic rings. The van der Waals surface area contributed by atoms with E-state index in [0.29, 0.717) is 13.2 Å². The molecule has 1 saturated heterocycles. The van der Waals surface area contributed by atoms with Crippen LogP contribution >= 0.6 is 0 Å². The summed E-state index contributed by atoms with van der Waals surface area (Å²) in [5, 5.41) is 0. The van der Waals surface area contributed by atoms with Crippen molar-refractivity contribution in [3.05, 3.63) is 29.8 Å². The number of carbonyl (C=O) groups excluding carboxylic acids is 1. The number of primary amides is 1. The monoisotopic (exact) mass is 277 g/mol. The van der Waals surface area contributed by atoms with Gasteiger partial charge in [0.05, 0.1) is 12.5 Å². The second-order valence-electron chi connectivity index (χ2n) is 5.24. The molecule has 20 heavy (non-hydrogen) atoms. The zero-order valence-corrected chi connectivity index (χ0v) is 11.8. The Hall–Kier alpha value is -1.59. The van der Waals surface area contributed by atoms with E-state index < -0.39 is 0 Å². The van der Waals surface area contributed by atoms with E-state index in [0.717, 1.165) is 43.8 Å². The first-order valence-electron chi connectivity index (χ1n) is 7.12. The second kappa shape index (κ2) is 7.26. The number of hydrogen-bond acceptors (Lipinski definition) is 4. The van der Waals surface area contributed by atoms with Crippen LogP contribution < -0.4 is 16.2 Å². The second-order valence-corrected chi connectivity index (χ2v) is 5.24. The molecule has 0 aromatic heterocycles. The minimum Gasteiger partial charge on any atom is -0.494 e. The van der Waals surface area contributed by atoms with Crippen LogP contribution in [-0.4, -0.2) is 37.0 Å². The van der Waals surface area contributed by atoms with Crippen molar-refractivity contribution in [2.24, 2.45) is 17.4 Å². The Labute approximate surface area is 119 Å². The zero-order valence-electron chi connectivity index (χ0n) is 11.8. The fraction of sp³-hybridized carbons (Fsp3) is 0.533. The summed E-state index contributed by atoms with van der Waals surface area (Å²) in [6, 6.07) is 7.85. The largest absolute Gasteiger partial charge is 0.494 e. The Morgan fingerprint density at radius 2 is 2.10 bits per heavy atom. The molecule has 0 saturated carbocycles. The number of benzene rings is 1. The van der Waals surface area contributed by atoms with Gasteiger partial charge in [-0.2, -0.15) is 0 Å². The third-order valence-corrected chi connectivity index (χ3v) is 3.72. The maximum atomic E-state index is 11.1. The van der Waals surface area contributed by atoms with Gasteiger partial charge in [0.2, 0.25) is 5.91 Å². The number of rotatable bonds is 7. The van der Waals surface area contributed by atoms with Crippen LogP contribution in [0.15, 0.2) is 24.3 Å². The summed E-state index contributed by atoms with van der Waals surface area (Å²) >= 11 is 0. The summed E-state index contributed by atoms with van der Waals surface area (Å²) in [6.45, 7) is 3.93. The van der Waals surface area contributed by atoms with Gasteiger partial charge >= 0.3 is 0 Å². The van der Waals surface area contributed by atoms with E-state index in [9.17, 15) is 4.79 Å². The third-order valence-electron chi connectivity index (χ3n) is 3.72. The van der Waals surface area contributed by atoms with Gasteiger partial charge in [0.25, 0.3) is 0 Å². The molecule has 0 spiro atoms. The molecule has 5 nitrogen and oxygen atoms in total. The van der Waals surface area contributed by atoms with Crippen molar-refractivity contribution in [3.8, 4) is 5.75 Å². The lowest BCUT2D eigenvalue weighted by molar-refractivity contribution is -0.121. The molecule has 1 atom stereocenters. The zero-order chi connectivity index (χ0) is 14.4. The minimum atomic E-state index is -0.177. The van der Waals surface area contributed by atoms with Gasteiger partial charge in [-0.1, -0.05) is 12.1 Å². The summed E-state index contributed by atoms with van der Waals surface area (Å²) in [5.41, 5.74) is 12.0. The quantitative estimate of drug-likeness (QED) is 0.720. The topological polar surface area (TPSA) is 81.6 Å². The lowest BCUT2D eigenvalue weighted by atomic mass is 10.1. The first-order valence-corrected chi connectivity index (χ1v) is 7.12. The Kier molecular flexibility index (Phi) is 5.38. The number of nitrogens with two attached hydrogens (primary N) is 2. The van der Waals surface area contributed by atoms with Crippen LogP contribution in [0, 0.1) is 5.92 Å². The Balaban J connectivity index is 1.63. The molecule has 1 amide bonds. The molecule has 0 bridgehead atoms. The van der Waals surface area contributed by atoms with Gasteiger partial charge < -0.3 is 21.1 Å². The molecule has 5 heteroatoms. The van der Waals surface area contributed by atoms with E-state index in [4.69, 9.17) is 16.2 Å². The van der Waals surface area contributed by atoms with E-state index in [2.05, 4.69) is 4.90 Å². The molecule has 0 aliphatic carbocycles. The molecule has 110 valence electrons. The molecular weight excluding hydrogens is 254 g/mol. The molecule has 1 aromatic carbocycles. The highest BCUT2D eigenvalue weighted by molar-refractivity contribution is 5.77. The molecule has 1 aliphatic rings. The molecule has 1 unspecified atom stereocenters. The van der Waals surface area contributed by atoms with Gasteiger partial charge in [-0.25, -0.2) is 0 Å². The van der Waals surface area contributed by atoms with Crippen molar-refractivity contribution >= 4 is 5.91 Å². The summed E-state index contributed by atoms with van der Waals surface area (Å²) in [5.74, 6) is 0.724. The van der Waals surface area contributed by atoms with Crippen molar-refractivity contribution in [1.82, 2.24) is 4.90 Å². The lowest BCUT2D eigenvalue weighted by Crippen LogP contribution is -2.28. The first kappa shape index (κ1) is 14.8. The molecular formula is C15H23N3O2. The van der Waals surface area contributed by atoms with Gasteiger partial charge in [0, 0.05) is 19.6 Å². The fourth-order valence-corrected chi connectivity index (χ4v) is 2.47. The summed E-state index contributed by atoms with van der Waals surface area (Å²) in [6.07, 6.45) is 1.83. The van der Waals surface area contributed by atoms with Gasteiger partial charge in [-0.05, 0) is 37.1 Å². The Morgan fingerprint density at radius 1 is 1.35 bits per heavy atom. The third kappa shape index (κ3) is 4.21. The molecule has 1 heterocycles. The fourth-order valence-electron chi connectivity index (χ4n) is 2.47. The van der Waals surface area contributed by atoms with Crippen molar-refractivity contribution < 1.29 is 9.53 Å².